The second-order valence-electron chi connectivity index (χ2n) is 7.43. The van der Waals surface area contributed by atoms with Crippen molar-refractivity contribution in [2.45, 2.75) is 26.4 Å². The fourth-order valence-electron chi connectivity index (χ4n) is 2.85. The van der Waals surface area contributed by atoms with E-state index in [0.717, 1.165) is 0 Å². The van der Waals surface area contributed by atoms with E-state index in [2.05, 4.69) is 0 Å². The number of piperazine rings is 1. The number of hydrogen-bond donors (Lipinski definition) is 1. The standard InChI is InChI=1S/C19H22N2O6/c1-19(2,3)27-18(25)21-8-6-20(7-9-21)16(23)14-11-12-10-13(22)4-5-15(12)26-17(14)24/h4-5,10-11,22H,6-9H2,1-3H3. The minimum atomic E-state index is -0.729. The topological polar surface area (TPSA) is 100 Å². The molecule has 0 atom stereocenters. The number of hydrogen-bond acceptors (Lipinski definition) is 6. The molecule has 2 amide bonds. The maximum Gasteiger partial charge on any atom is 0.410 e. The highest BCUT2D eigenvalue weighted by molar-refractivity contribution is 5.97. The highest BCUT2D eigenvalue weighted by Gasteiger charge is 2.29. The molecule has 1 saturated heterocycles. The molecule has 0 aliphatic carbocycles. The predicted octanol–water partition coefficient (Wildman–Crippen LogP) is 2.19. The lowest BCUT2D eigenvalue weighted by atomic mass is 10.1. The van der Waals surface area contributed by atoms with E-state index >= 15 is 0 Å². The fraction of sp³-hybridized carbons (Fsp3) is 0.421. The van der Waals surface area contributed by atoms with E-state index in [4.69, 9.17) is 9.15 Å². The van der Waals surface area contributed by atoms with Crippen molar-refractivity contribution in [3.05, 3.63) is 40.2 Å². The summed E-state index contributed by atoms with van der Waals surface area (Å²) in [6.07, 6.45) is -0.421. The Morgan fingerprint density at radius 1 is 1.07 bits per heavy atom. The van der Waals surface area contributed by atoms with Crippen LogP contribution in [0.1, 0.15) is 31.1 Å². The van der Waals surface area contributed by atoms with E-state index in [-0.39, 0.29) is 24.4 Å². The van der Waals surface area contributed by atoms with Crippen LogP contribution in [0, 0.1) is 0 Å². The molecule has 1 fully saturated rings. The third-order valence-electron chi connectivity index (χ3n) is 4.16. The van der Waals surface area contributed by atoms with Crippen LogP contribution in [0.2, 0.25) is 0 Å². The van der Waals surface area contributed by atoms with Crippen molar-refractivity contribution in [3.63, 3.8) is 0 Å². The molecule has 1 aromatic carbocycles. The van der Waals surface area contributed by atoms with Gasteiger partial charge in [-0.2, -0.15) is 0 Å². The zero-order chi connectivity index (χ0) is 19.8. The van der Waals surface area contributed by atoms with E-state index in [9.17, 15) is 19.5 Å². The van der Waals surface area contributed by atoms with Gasteiger partial charge in [0.05, 0.1) is 0 Å². The number of rotatable bonds is 1. The van der Waals surface area contributed by atoms with Gasteiger partial charge in [-0.3, -0.25) is 4.79 Å². The highest BCUT2D eigenvalue weighted by atomic mass is 16.6. The van der Waals surface area contributed by atoms with Crippen LogP contribution in [0.25, 0.3) is 11.0 Å². The quantitative estimate of drug-likeness (QED) is 0.768. The molecule has 1 aliphatic heterocycles. The zero-order valence-corrected chi connectivity index (χ0v) is 15.5. The van der Waals surface area contributed by atoms with E-state index in [0.29, 0.717) is 24.1 Å². The maximum absolute atomic E-state index is 12.7. The van der Waals surface area contributed by atoms with E-state index < -0.39 is 23.2 Å². The molecule has 0 bridgehead atoms. The van der Waals surface area contributed by atoms with Gasteiger partial charge in [0.1, 0.15) is 22.5 Å². The molecule has 8 heteroatoms. The monoisotopic (exact) mass is 374 g/mol. The normalized spacial score (nSPS) is 15.1. The lowest BCUT2D eigenvalue weighted by molar-refractivity contribution is 0.0140. The second kappa shape index (κ2) is 6.94. The van der Waals surface area contributed by atoms with Crippen molar-refractivity contribution in [2.24, 2.45) is 0 Å². The van der Waals surface area contributed by atoms with Gasteiger partial charge in [0.2, 0.25) is 0 Å². The number of phenols is 1. The summed E-state index contributed by atoms with van der Waals surface area (Å²) in [4.78, 5) is 40.0. The van der Waals surface area contributed by atoms with Crippen LogP contribution in [0.3, 0.4) is 0 Å². The van der Waals surface area contributed by atoms with Crippen LogP contribution >= 0.6 is 0 Å². The smallest absolute Gasteiger partial charge is 0.410 e. The first-order valence-corrected chi connectivity index (χ1v) is 8.68. The van der Waals surface area contributed by atoms with Crippen LogP contribution in [0.5, 0.6) is 5.75 Å². The summed E-state index contributed by atoms with van der Waals surface area (Å²) >= 11 is 0. The molecular formula is C19H22N2O6. The number of amides is 2. The Kier molecular flexibility index (Phi) is 4.82. The molecule has 0 saturated carbocycles. The van der Waals surface area contributed by atoms with E-state index in [1.807, 2.05) is 0 Å². The summed E-state index contributed by atoms with van der Waals surface area (Å²) in [5.41, 5.74) is -1.12. The van der Waals surface area contributed by atoms with Crippen LogP contribution in [-0.2, 0) is 4.74 Å². The first kappa shape index (κ1) is 18.8. The van der Waals surface area contributed by atoms with Gasteiger partial charge < -0.3 is 24.1 Å². The largest absolute Gasteiger partial charge is 0.508 e. The van der Waals surface area contributed by atoms with Crippen LogP contribution in [0.4, 0.5) is 4.79 Å². The molecular weight excluding hydrogens is 352 g/mol. The van der Waals surface area contributed by atoms with Crippen molar-refractivity contribution in [1.29, 1.82) is 0 Å². The van der Waals surface area contributed by atoms with Crippen LogP contribution in [0.15, 0.2) is 33.5 Å². The molecule has 27 heavy (non-hydrogen) atoms. The maximum atomic E-state index is 12.7. The summed E-state index contributed by atoms with van der Waals surface area (Å²) in [6, 6.07) is 5.72. The summed E-state index contributed by atoms with van der Waals surface area (Å²) < 4.78 is 10.5. The highest BCUT2D eigenvalue weighted by Crippen LogP contribution is 2.20. The van der Waals surface area contributed by atoms with Crippen molar-refractivity contribution in [2.75, 3.05) is 26.2 Å². The van der Waals surface area contributed by atoms with Gasteiger partial charge in [0, 0.05) is 31.6 Å². The number of aromatic hydroxyl groups is 1. The van der Waals surface area contributed by atoms with Gasteiger partial charge >= 0.3 is 11.7 Å². The predicted molar refractivity (Wildman–Crippen MR) is 97.9 cm³/mol. The van der Waals surface area contributed by atoms with Gasteiger partial charge in [-0.1, -0.05) is 0 Å². The van der Waals surface area contributed by atoms with Crippen molar-refractivity contribution < 1.29 is 23.8 Å². The van der Waals surface area contributed by atoms with Crippen LogP contribution < -0.4 is 5.63 Å². The first-order valence-electron chi connectivity index (χ1n) is 8.68. The molecule has 3 rings (SSSR count). The number of fused-ring (bicyclic) bond motifs is 1. The lowest BCUT2D eigenvalue weighted by Crippen LogP contribution is -2.52. The summed E-state index contributed by atoms with van der Waals surface area (Å²) in [5, 5.41) is 10.0. The third kappa shape index (κ3) is 4.21. The summed E-state index contributed by atoms with van der Waals surface area (Å²) in [6.45, 7) is 6.59. The Hall–Kier alpha value is -3.03. The van der Waals surface area contributed by atoms with Crippen molar-refractivity contribution >= 4 is 23.0 Å². The van der Waals surface area contributed by atoms with Crippen LogP contribution in [-0.4, -0.2) is 58.7 Å². The SMILES string of the molecule is CC(C)(C)OC(=O)N1CCN(C(=O)c2cc3cc(O)ccc3oc2=O)CC1. The van der Waals surface area contributed by atoms with Gasteiger partial charge in [0.25, 0.3) is 5.91 Å². The molecule has 1 N–H and O–H groups in total. The molecule has 0 radical (unpaired) electrons. The zero-order valence-electron chi connectivity index (χ0n) is 15.5. The molecule has 0 unspecified atom stereocenters. The molecule has 1 aliphatic rings. The van der Waals surface area contributed by atoms with Crippen molar-refractivity contribution in [3.8, 4) is 5.75 Å². The summed E-state index contributed by atoms with van der Waals surface area (Å²) in [5.74, 6) is -0.446. The molecule has 1 aromatic heterocycles. The minimum Gasteiger partial charge on any atom is -0.508 e. The fourth-order valence-corrected chi connectivity index (χ4v) is 2.85. The Morgan fingerprint density at radius 2 is 1.70 bits per heavy atom. The number of ether oxygens (including phenoxy) is 1. The van der Waals surface area contributed by atoms with Gasteiger partial charge in [-0.05, 0) is 45.0 Å². The lowest BCUT2D eigenvalue weighted by Gasteiger charge is -2.35. The average molecular weight is 374 g/mol. The Balaban J connectivity index is 1.73. The Morgan fingerprint density at radius 3 is 2.33 bits per heavy atom. The van der Waals surface area contributed by atoms with Gasteiger partial charge in [0.15, 0.2) is 0 Å². The Labute approximate surface area is 155 Å². The van der Waals surface area contributed by atoms with Gasteiger partial charge in [-0.15, -0.1) is 0 Å². The van der Waals surface area contributed by atoms with Gasteiger partial charge in [-0.25, -0.2) is 9.59 Å². The molecule has 0 spiro atoms. The Bertz CT molecular complexity index is 935. The number of carbonyl (C=O) groups excluding carboxylic acids is 2. The summed E-state index contributed by atoms with van der Waals surface area (Å²) in [7, 11) is 0. The number of carbonyl (C=O) groups is 2. The van der Waals surface area contributed by atoms with E-state index in [1.54, 1.807) is 20.8 Å². The molecule has 2 heterocycles. The average Bonchev–Trinajstić information content (AvgIpc) is 2.59. The van der Waals surface area contributed by atoms with Crippen molar-refractivity contribution in [1.82, 2.24) is 9.80 Å². The number of benzene rings is 1. The third-order valence-corrected chi connectivity index (χ3v) is 4.16. The molecule has 2 aromatic rings. The minimum absolute atomic E-state index is 0.0146. The number of nitrogens with zero attached hydrogens (tertiary/aromatic N) is 2. The number of phenolic OH excluding ortho intramolecular Hbond substituents is 1. The van der Waals surface area contributed by atoms with E-state index in [1.165, 1.54) is 34.1 Å². The molecule has 144 valence electrons. The molecule has 8 nitrogen and oxygen atoms in total. The first-order chi connectivity index (χ1) is 12.6. The second-order valence-corrected chi connectivity index (χ2v) is 7.43.